The van der Waals surface area contributed by atoms with E-state index >= 15 is 0 Å². The molecule has 1 unspecified atom stereocenters. The van der Waals surface area contributed by atoms with Crippen LogP contribution >= 0.6 is 11.7 Å². The molecule has 0 radical (unpaired) electrons. The van der Waals surface area contributed by atoms with Gasteiger partial charge in [-0.3, -0.25) is 0 Å². The van der Waals surface area contributed by atoms with Crippen LogP contribution in [0.5, 0.6) is 5.88 Å². The first-order valence-corrected chi connectivity index (χ1v) is 13.1. The smallest absolute Gasteiger partial charge is 0.422 e. The molecule has 4 fully saturated rings. The Morgan fingerprint density at radius 2 is 1.58 bits per heavy atom. The van der Waals surface area contributed by atoms with Gasteiger partial charge in [0.1, 0.15) is 0 Å². The van der Waals surface area contributed by atoms with Crippen LogP contribution < -0.4 is 4.74 Å². The Kier molecular flexibility index (Phi) is 7.86. The van der Waals surface area contributed by atoms with E-state index in [1.165, 1.54) is 0 Å². The van der Waals surface area contributed by atoms with E-state index in [1.54, 1.807) is 0 Å². The lowest BCUT2D eigenvalue weighted by Gasteiger charge is -2.59. The second kappa shape index (κ2) is 10.7. The Morgan fingerprint density at radius 1 is 0.939 bits per heavy atom. The van der Waals surface area contributed by atoms with Crippen LogP contribution in [0.1, 0.15) is 83.7 Å². The van der Waals surface area contributed by atoms with E-state index in [0.29, 0.717) is 37.9 Å². The molecule has 0 saturated carbocycles. The predicted molar refractivity (Wildman–Crippen MR) is 121 cm³/mol. The van der Waals surface area contributed by atoms with Crippen molar-refractivity contribution in [1.29, 1.82) is 0 Å². The summed E-state index contributed by atoms with van der Waals surface area (Å²) in [7, 11) is 0. The second-order valence-electron chi connectivity index (χ2n) is 9.09. The number of carbonyl (C=O) groups excluding carboxylic acids is 2. The summed E-state index contributed by atoms with van der Waals surface area (Å²) in [6, 6.07) is 0. The fourth-order valence-electron chi connectivity index (χ4n) is 5.29. The van der Waals surface area contributed by atoms with Crippen molar-refractivity contribution in [3.63, 3.8) is 0 Å². The van der Waals surface area contributed by atoms with Crippen molar-refractivity contribution in [2.75, 3.05) is 26.3 Å². The number of hydrogen-bond acceptors (Lipinski definition) is 10. The number of fused-ring (bicyclic) bond motifs is 2. The van der Waals surface area contributed by atoms with Gasteiger partial charge in [0.25, 0.3) is 5.88 Å². The molecular formula is C23H35N3O6S. The van der Waals surface area contributed by atoms with E-state index in [-0.39, 0.29) is 5.92 Å². The van der Waals surface area contributed by atoms with Crippen LogP contribution in [-0.2, 0) is 29.4 Å². The van der Waals surface area contributed by atoms with Crippen molar-refractivity contribution >= 4 is 23.7 Å². The summed E-state index contributed by atoms with van der Waals surface area (Å²) in [5.41, 5.74) is -0.779. The number of rotatable bonds is 13. The zero-order valence-corrected chi connectivity index (χ0v) is 20.5. The topological polar surface area (TPSA) is 100 Å². The zero-order valence-electron chi connectivity index (χ0n) is 19.7. The van der Waals surface area contributed by atoms with Crippen LogP contribution in [0.25, 0.3) is 0 Å². The third-order valence-corrected chi connectivity index (χ3v) is 7.47. The van der Waals surface area contributed by atoms with E-state index < -0.39 is 23.5 Å². The van der Waals surface area contributed by atoms with Gasteiger partial charge < -0.3 is 18.9 Å². The van der Waals surface area contributed by atoms with Crippen molar-refractivity contribution in [2.24, 2.45) is 5.92 Å². The van der Waals surface area contributed by atoms with Crippen molar-refractivity contribution in [1.82, 2.24) is 13.6 Å². The Hall–Kier alpha value is -1.78. The minimum Gasteiger partial charge on any atom is -0.476 e. The lowest BCUT2D eigenvalue weighted by atomic mass is 9.70. The van der Waals surface area contributed by atoms with E-state index in [4.69, 9.17) is 18.9 Å². The van der Waals surface area contributed by atoms with Crippen molar-refractivity contribution < 1.29 is 28.5 Å². The Bertz CT molecular complexity index is 809. The normalized spacial score (nSPS) is 27.7. The summed E-state index contributed by atoms with van der Waals surface area (Å²) in [4.78, 5) is 26.5. The maximum absolute atomic E-state index is 12.3. The first-order valence-electron chi connectivity index (χ1n) is 12.4. The maximum atomic E-state index is 12.3. The molecule has 0 amide bonds. The summed E-state index contributed by atoms with van der Waals surface area (Å²) >= 11 is 1.04. The number of nitrogens with zero attached hydrogens (tertiary/aromatic N) is 3. The van der Waals surface area contributed by atoms with Gasteiger partial charge in [-0.15, -0.1) is 4.37 Å². The molecule has 4 aliphatic heterocycles. The third kappa shape index (κ3) is 4.37. The predicted octanol–water partition coefficient (Wildman–Crippen LogP) is 3.77. The van der Waals surface area contributed by atoms with E-state index in [9.17, 15) is 9.59 Å². The summed E-state index contributed by atoms with van der Waals surface area (Å²) < 4.78 is 33.2. The highest BCUT2D eigenvalue weighted by atomic mass is 32.1. The van der Waals surface area contributed by atoms with Gasteiger partial charge in [-0.1, -0.05) is 52.4 Å². The number of hydrogen-bond donors (Lipinski definition) is 0. The molecule has 0 aliphatic carbocycles. The molecule has 0 N–H and O–H groups in total. The summed E-state index contributed by atoms with van der Waals surface area (Å²) in [6.07, 6.45) is 10.1. The summed E-state index contributed by atoms with van der Waals surface area (Å²) in [6.45, 7) is 6.59. The molecule has 5 rings (SSSR count). The van der Waals surface area contributed by atoms with Gasteiger partial charge in [-0.2, -0.15) is 4.37 Å². The summed E-state index contributed by atoms with van der Waals surface area (Å²) in [5, 5.41) is 0. The van der Waals surface area contributed by atoms with Crippen LogP contribution in [0.2, 0.25) is 0 Å². The highest BCUT2D eigenvalue weighted by Gasteiger charge is 2.76. The molecule has 1 spiro atoms. The first-order chi connectivity index (χ1) is 16.1. The molecule has 9 nitrogen and oxygen atoms in total. The number of aromatic nitrogens is 2. The third-order valence-electron chi connectivity index (χ3n) is 6.96. The Balaban J connectivity index is 1.67. The van der Waals surface area contributed by atoms with Crippen molar-refractivity contribution in [3.8, 4) is 5.88 Å². The van der Waals surface area contributed by atoms with Crippen LogP contribution in [0.4, 0.5) is 0 Å². The van der Waals surface area contributed by atoms with Crippen LogP contribution in [0, 0.1) is 5.92 Å². The molecule has 184 valence electrons. The van der Waals surface area contributed by atoms with Gasteiger partial charge in [-0.05, 0) is 25.7 Å². The Morgan fingerprint density at radius 3 is 2.21 bits per heavy atom. The van der Waals surface area contributed by atoms with E-state index in [0.717, 1.165) is 75.9 Å². The molecule has 5 heterocycles. The van der Waals surface area contributed by atoms with Gasteiger partial charge in [0.15, 0.2) is 5.69 Å². The number of esters is 2. The highest BCUT2D eigenvalue weighted by Crippen LogP contribution is 2.59. The lowest BCUT2D eigenvalue weighted by Crippen LogP contribution is -2.74. The standard InChI is InChI=1S/C23H35N3O6S/c1-3-5-7-9-15-29-19-18(24-33-25-19)22(30-16-10-8-6-4-2)17-11-13-26(14-12-17)23(22)31-20(27)21(28)32-23/h17H,3-16H2,1-2H3. The molecular weight excluding hydrogens is 446 g/mol. The second-order valence-corrected chi connectivity index (χ2v) is 9.62. The molecule has 2 bridgehead atoms. The Labute approximate surface area is 199 Å². The number of unbranched alkanes of at least 4 members (excludes halogenated alkanes) is 6. The molecule has 1 atom stereocenters. The first kappa shape index (κ1) is 24.3. The molecule has 10 heteroatoms. The molecule has 1 aromatic heterocycles. The quantitative estimate of drug-likeness (QED) is 0.237. The lowest BCUT2D eigenvalue weighted by molar-refractivity contribution is -0.395. The SMILES string of the molecule is CCCCCCOc1nsnc1C1(OCCCCCC)C2CCN(CC2)C12OC(=O)C(=O)O2. The largest absolute Gasteiger partial charge is 0.476 e. The van der Waals surface area contributed by atoms with Crippen molar-refractivity contribution in [3.05, 3.63) is 5.69 Å². The van der Waals surface area contributed by atoms with Crippen LogP contribution in [0.3, 0.4) is 0 Å². The zero-order chi connectivity index (χ0) is 23.3. The number of piperidine rings is 3. The van der Waals surface area contributed by atoms with Gasteiger partial charge in [-0.25, -0.2) is 14.5 Å². The molecule has 1 aromatic rings. The molecule has 33 heavy (non-hydrogen) atoms. The molecule has 4 aliphatic rings. The maximum Gasteiger partial charge on any atom is 0.422 e. The minimum atomic E-state index is -1.66. The minimum absolute atomic E-state index is 0.0429. The fourth-order valence-corrected chi connectivity index (χ4v) is 5.84. The van der Waals surface area contributed by atoms with Crippen LogP contribution in [-0.4, -0.2) is 57.8 Å². The van der Waals surface area contributed by atoms with Crippen molar-refractivity contribution in [2.45, 2.75) is 89.6 Å². The average Bonchev–Trinajstić information content (AvgIpc) is 3.41. The van der Waals surface area contributed by atoms with Gasteiger partial charge in [0, 0.05) is 25.6 Å². The highest BCUT2D eigenvalue weighted by molar-refractivity contribution is 6.99. The number of ether oxygens (including phenoxy) is 4. The van der Waals surface area contributed by atoms with E-state index in [1.807, 2.05) is 4.90 Å². The van der Waals surface area contributed by atoms with Gasteiger partial charge in [0.05, 0.1) is 18.3 Å². The summed E-state index contributed by atoms with van der Waals surface area (Å²) in [5.74, 6) is -3.31. The number of carbonyl (C=O) groups is 2. The van der Waals surface area contributed by atoms with Gasteiger partial charge >= 0.3 is 17.8 Å². The molecule has 4 saturated heterocycles. The van der Waals surface area contributed by atoms with Gasteiger partial charge in [0.2, 0.25) is 5.60 Å². The van der Waals surface area contributed by atoms with E-state index in [2.05, 4.69) is 22.6 Å². The van der Waals surface area contributed by atoms with Crippen LogP contribution in [0.15, 0.2) is 0 Å². The average molecular weight is 482 g/mol. The molecule has 0 aromatic carbocycles. The fraction of sp³-hybridized carbons (Fsp3) is 0.826. The monoisotopic (exact) mass is 481 g/mol.